The van der Waals surface area contributed by atoms with Gasteiger partial charge in [-0.3, -0.25) is 4.72 Å². The number of pyridine rings is 1. The Bertz CT molecular complexity index is 727. The topological polar surface area (TPSA) is 77.5 Å². The zero-order valence-corrected chi connectivity index (χ0v) is 12.8. The Labute approximate surface area is 123 Å². The van der Waals surface area contributed by atoms with E-state index in [1.165, 1.54) is 26.4 Å². The molecule has 1 N–H and O–H groups in total. The SMILES string of the molecule is COc1ccc(S(=O)(=O)Nc2ccc(C)cn2)c(OC)c1. The predicted octanol–water partition coefficient (Wildman–Crippen LogP) is 2.21. The quantitative estimate of drug-likeness (QED) is 0.916. The summed E-state index contributed by atoms with van der Waals surface area (Å²) in [6, 6.07) is 7.87. The summed E-state index contributed by atoms with van der Waals surface area (Å²) < 4.78 is 37.4. The Kier molecular flexibility index (Phi) is 4.32. The van der Waals surface area contributed by atoms with Crippen LogP contribution in [-0.2, 0) is 10.0 Å². The molecule has 1 aromatic carbocycles. The number of methoxy groups -OCH3 is 2. The molecule has 0 saturated heterocycles. The van der Waals surface area contributed by atoms with Crippen molar-refractivity contribution in [1.29, 1.82) is 0 Å². The van der Waals surface area contributed by atoms with Crippen LogP contribution in [0.4, 0.5) is 5.82 Å². The Hall–Kier alpha value is -2.28. The maximum atomic E-state index is 12.4. The van der Waals surface area contributed by atoms with Crippen molar-refractivity contribution in [2.24, 2.45) is 0 Å². The van der Waals surface area contributed by atoms with Crippen LogP contribution in [0.3, 0.4) is 0 Å². The van der Waals surface area contributed by atoms with Crippen molar-refractivity contribution in [2.45, 2.75) is 11.8 Å². The van der Waals surface area contributed by atoms with Gasteiger partial charge in [-0.15, -0.1) is 0 Å². The number of aromatic nitrogens is 1. The van der Waals surface area contributed by atoms with Crippen LogP contribution in [0.25, 0.3) is 0 Å². The molecule has 1 aromatic heterocycles. The Morgan fingerprint density at radius 2 is 1.86 bits per heavy atom. The summed E-state index contributed by atoms with van der Waals surface area (Å²) in [4.78, 5) is 4.04. The molecule has 0 amide bonds. The van der Waals surface area contributed by atoms with Gasteiger partial charge < -0.3 is 9.47 Å². The van der Waals surface area contributed by atoms with Gasteiger partial charge in [-0.25, -0.2) is 13.4 Å². The highest BCUT2D eigenvalue weighted by Crippen LogP contribution is 2.29. The van der Waals surface area contributed by atoms with E-state index in [2.05, 4.69) is 9.71 Å². The van der Waals surface area contributed by atoms with E-state index in [0.717, 1.165) is 5.56 Å². The molecule has 0 aliphatic carbocycles. The molecule has 0 unspecified atom stereocenters. The standard InChI is InChI=1S/C14H16N2O4S/c1-10-4-7-14(15-9-10)16-21(17,18)13-6-5-11(19-2)8-12(13)20-3/h4-9H,1-3H3,(H,15,16). The molecule has 0 fully saturated rings. The minimum atomic E-state index is -3.79. The van der Waals surface area contributed by atoms with Crippen LogP contribution < -0.4 is 14.2 Å². The average Bonchev–Trinajstić information content (AvgIpc) is 2.48. The van der Waals surface area contributed by atoms with E-state index in [9.17, 15) is 8.42 Å². The number of anilines is 1. The molecule has 0 radical (unpaired) electrons. The molecule has 7 heteroatoms. The van der Waals surface area contributed by atoms with Crippen LogP contribution in [0.15, 0.2) is 41.4 Å². The first kappa shape index (κ1) is 15.1. The van der Waals surface area contributed by atoms with E-state index >= 15 is 0 Å². The highest BCUT2D eigenvalue weighted by molar-refractivity contribution is 7.92. The molecule has 0 spiro atoms. The fourth-order valence-electron chi connectivity index (χ4n) is 1.72. The van der Waals surface area contributed by atoms with E-state index in [1.807, 2.05) is 6.92 Å². The summed E-state index contributed by atoms with van der Waals surface area (Å²) in [7, 11) is -0.889. The van der Waals surface area contributed by atoms with Gasteiger partial charge in [0, 0.05) is 12.3 Å². The van der Waals surface area contributed by atoms with Crippen molar-refractivity contribution in [3.63, 3.8) is 0 Å². The minimum Gasteiger partial charge on any atom is -0.497 e. The molecule has 0 bridgehead atoms. The molecule has 6 nitrogen and oxygen atoms in total. The van der Waals surface area contributed by atoms with E-state index in [0.29, 0.717) is 5.75 Å². The van der Waals surface area contributed by atoms with Crippen LogP contribution in [-0.4, -0.2) is 27.6 Å². The first-order valence-corrected chi connectivity index (χ1v) is 7.62. The molecule has 2 aromatic rings. The number of ether oxygens (including phenoxy) is 2. The average molecular weight is 308 g/mol. The highest BCUT2D eigenvalue weighted by atomic mass is 32.2. The Morgan fingerprint density at radius 1 is 1.10 bits per heavy atom. The van der Waals surface area contributed by atoms with E-state index in [4.69, 9.17) is 9.47 Å². The highest BCUT2D eigenvalue weighted by Gasteiger charge is 2.20. The predicted molar refractivity (Wildman–Crippen MR) is 79.3 cm³/mol. The van der Waals surface area contributed by atoms with Gasteiger partial charge in [0.15, 0.2) is 0 Å². The monoisotopic (exact) mass is 308 g/mol. The lowest BCUT2D eigenvalue weighted by Gasteiger charge is -2.12. The molecule has 112 valence electrons. The van der Waals surface area contributed by atoms with Crippen molar-refractivity contribution >= 4 is 15.8 Å². The lowest BCUT2D eigenvalue weighted by Crippen LogP contribution is -2.15. The van der Waals surface area contributed by atoms with Gasteiger partial charge in [-0.05, 0) is 30.7 Å². The third kappa shape index (κ3) is 3.43. The summed E-state index contributed by atoms with van der Waals surface area (Å²) in [5.41, 5.74) is 0.944. The van der Waals surface area contributed by atoms with E-state index < -0.39 is 10.0 Å². The first-order chi connectivity index (χ1) is 9.96. The van der Waals surface area contributed by atoms with Crippen molar-refractivity contribution in [3.8, 4) is 11.5 Å². The van der Waals surface area contributed by atoms with Gasteiger partial charge in [0.05, 0.1) is 14.2 Å². The summed E-state index contributed by atoms with van der Waals surface area (Å²) in [5, 5.41) is 0. The molecular formula is C14H16N2O4S. The third-order valence-corrected chi connectivity index (χ3v) is 4.20. The number of nitrogens with one attached hydrogen (secondary N) is 1. The fourth-order valence-corrected chi connectivity index (χ4v) is 2.88. The maximum Gasteiger partial charge on any atom is 0.266 e. The number of nitrogens with zero attached hydrogens (tertiary/aromatic N) is 1. The van der Waals surface area contributed by atoms with Crippen molar-refractivity contribution in [1.82, 2.24) is 4.98 Å². The van der Waals surface area contributed by atoms with Gasteiger partial charge in [0.25, 0.3) is 10.0 Å². The Morgan fingerprint density at radius 3 is 2.43 bits per heavy atom. The van der Waals surface area contributed by atoms with Crippen molar-refractivity contribution < 1.29 is 17.9 Å². The second kappa shape index (κ2) is 6.01. The fraction of sp³-hybridized carbons (Fsp3) is 0.214. The molecule has 0 aliphatic heterocycles. The van der Waals surface area contributed by atoms with E-state index in [-0.39, 0.29) is 16.5 Å². The lowest BCUT2D eigenvalue weighted by molar-refractivity contribution is 0.386. The molecule has 1 heterocycles. The maximum absolute atomic E-state index is 12.4. The minimum absolute atomic E-state index is 0.0215. The number of hydrogen-bond donors (Lipinski definition) is 1. The molecule has 2 rings (SSSR count). The number of hydrogen-bond acceptors (Lipinski definition) is 5. The Balaban J connectivity index is 2.37. The summed E-state index contributed by atoms with van der Waals surface area (Å²) in [5.74, 6) is 0.965. The second-order valence-corrected chi connectivity index (χ2v) is 5.99. The van der Waals surface area contributed by atoms with Crippen LogP contribution in [0.2, 0.25) is 0 Å². The zero-order valence-electron chi connectivity index (χ0n) is 12.0. The third-order valence-electron chi connectivity index (χ3n) is 2.81. The van der Waals surface area contributed by atoms with Gasteiger partial charge in [-0.1, -0.05) is 6.07 Å². The van der Waals surface area contributed by atoms with Crippen LogP contribution in [0, 0.1) is 6.92 Å². The molecular weight excluding hydrogens is 292 g/mol. The van der Waals surface area contributed by atoms with Gasteiger partial charge in [0.1, 0.15) is 22.2 Å². The van der Waals surface area contributed by atoms with Gasteiger partial charge >= 0.3 is 0 Å². The largest absolute Gasteiger partial charge is 0.497 e. The van der Waals surface area contributed by atoms with Crippen molar-refractivity contribution in [3.05, 3.63) is 42.1 Å². The second-order valence-electron chi connectivity index (χ2n) is 4.34. The summed E-state index contributed by atoms with van der Waals surface area (Å²) >= 11 is 0. The summed E-state index contributed by atoms with van der Waals surface area (Å²) in [6.45, 7) is 1.87. The first-order valence-electron chi connectivity index (χ1n) is 6.14. The normalized spacial score (nSPS) is 11.0. The molecule has 0 atom stereocenters. The number of aryl methyl sites for hydroxylation is 1. The van der Waals surface area contributed by atoms with Crippen LogP contribution >= 0.6 is 0 Å². The number of sulfonamides is 1. The van der Waals surface area contributed by atoms with E-state index in [1.54, 1.807) is 24.4 Å². The number of rotatable bonds is 5. The lowest BCUT2D eigenvalue weighted by atomic mass is 10.3. The number of benzene rings is 1. The van der Waals surface area contributed by atoms with Gasteiger partial charge in [0.2, 0.25) is 0 Å². The summed E-state index contributed by atoms with van der Waals surface area (Å²) in [6.07, 6.45) is 1.59. The van der Waals surface area contributed by atoms with Crippen LogP contribution in [0.5, 0.6) is 11.5 Å². The smallest absolute Gasteiger partial charge is 0.266 e. The van der Waals surface area contributed by atoms with Gasteiger partial charge in [-0.2, -0.15) is 0 Å². The zero-order chi connectivity index (χ0) is 15.5. The van der Waals surface area contributed by atoms with Crippen LogP contribution in [0.1, 0.15) is 5.56 Å². The molecule has 0 aliphatic rings. The molecule has 21 heavy (non-hydrogen) atoms. The van der Waals surface area contributed by atoms with Crippen molar-refractivity contribution in [2.75, 3.05) is 18.9 Å². The molecule has 0 saturated carbocycles.